The van der Waals surface area contributed by atoms with Crippen LogP contribution in [0.1, 0.15) is 38.3 Å². The van der Waals surface area contributed by atoms with Crippen molar-refractivity contribution in [3.8, 4) is 5.75 Å². The van der Waals surface area contributed by atoms with Crippen LogP contribution >= 0.6 is 15.9 Å². The number of benzene rings is 1. The van der Waals surface area contributed by atoms with Crippen LogP contribution in [0.4, 0.5) is 0 Å². The first-order valence-corrected chi connectivity index (χ1v) is 7.25. The van der Waals surface area contributed by atoms with Crippen molar-refractivity contribution in [2.24, 2.45) is 0 Å². The lowest BCUT2D eigenvalue weighted by atomic mass is 10.0. The monoisotopic (exact) mass is 309 g/mol. The smallest absolute Gasteiger partial charge is 0.125 e. The Balaban J connectivity index is 2.14. The second kappa shape index (κ2) is 6.39. The normalized spacial score (nSPS) is 18.5. The van der Waals surface area contributed by atoms with Gasteiger partial charge >= 0.3 is 0 Å². The third-order valence-corrected chi connectivity index (χ3v) is 3.61. The van der Waals surface area contributed by atoms with Crippen molar-refractivity contribution in [2.75, 3.05) is 13.2 Å². The topological polar surface area (TPSA) is 21.3 Å². The molecular formula is C15H20BrNO. The number of ether oxygens (including phenoxy) is 1. The van der Waals surface area contributed by atoms with E-state index in [9.17, 15) is 0 Å². The van der Waals surface area contributed by atoms with E-state index in [-0.39, 0.29) is 0 Å². The minimum atomic E-state index is 0.395. The van der Waals surface area contributed by atoms with Crippen LogP contribution in [0.2, 0.25) is 0 Å². The van der Waals surface area contributed by atoms with Gasteiger partial charge in [-0.25, -0.2) is 0 Å². The van der Waals surface area contributed by atoms with Crippen molar-refractivity contribution in [2.45, 2.75) is 32.7 Å². The van der Waals surface area contributed by atoms with E-state index in [1.165, 1.54) is 11.1 Å². The lowest BCUT2D eigenvalue weighted by Crippen LogP contribution is -2.21. The first-order valence-electron chi connectivity index (χ1n) is 6.46. The molecular weight excluding hydrogens is 290 g/mol. The molecule has 1 aromatic rings. The van der Waals surface area contributed by atoms with E-state index in [1.807, 2.05) is 0 Å². The molecule has 0 fully saturated rings. The van der Waals surface area contributed by atoms with Crippen LogP contribution < -0.4 is 10.1 Å². The van der Waals surface area contributed by atoms with E-state index < -0.39 is 0 Å². The number of allylic oxidation sites excluding steroid dienone is 1. The largest absolute Gasteiger partial charge is 0.493 e. The molecule has 2 nitrogen and oxygen atoms in total. The third-order valence-electron chi connectivity index (χ3n) is 3.12. The Kier molecular flexibility index (Phi) is 4.84. The lowest BCUT2D eigenvalue weighted by molar-refractivity contribution is 0.315. The highest BCUT2D eigenvalue weighted by molar-refractivity contribution is 9.10. The zero-order chi connectivity index (χ0) is 13.0. The van der Waals surface area contributed by atoms with Crippen molar-refractivity contribution in [3.05, 3.63) is 39.9 Å². The quantitative estimate of drug-likeness (QED) is 0.844. The van der Waals surface area contributed by atoms with Gasteiger partial charge in [-0.15, -0.1) is 0 Å². The average molecular weight is 310 g/mol. The van der Waals surface area contributed by atoms with Crippen molar-refractivity contribution in [3.63, 3.8) is 0 Å². The summed E-state index contributed by atoms with van der Waals surface area (Å²) in [7, 11) is 0. The minimum absolute atomic E-state index is 0.395. The zero-order valence-corrected chi connectivity index (χ0v) is 12.6. The van der Waals surface area contributed by atoms with Crippen LogP contribution in [0, 0.1) is 0 Å². The minimum Gasteiger partial charge on any atom is -0.493 e. The first kappa shape index (κ1) is 13.6. The van der Waals surface area contributed by atoms with Crippen molar-refractivity contribution < 1.29 is 4.74 Å². The Hall–Kier alpha value is -0.800. The van der Waals surface area contributed by atoms with E-state index in [4.69, 9.17) is 4.74 Å². The number of nitrogens with one attached hydrogen (secondary N) is 1. The molecule has 0 aromatic heterocycles. The van der Waals surface area contributed by atoms with Gasteiger partial charge in [0.1, 0.15) is 5.75 Å². The summed E-state index contributed by atoms with van der Waals surface area (Å²) in [6, 6.07) is 6.70. The third kappa shape index (κ3) is 3.59. The molecule has 0 spiro atoms. The molecule has 18 heavy (non-hydrogen) atoms. The molecule has 1 aliphatic rings. The van der Waals surface area contributed by atoms with E-state index >= 15 is 0 Å². The lowest BCUT2D eigenvalue weighted by Gasteiger charge is -2.17. The highest BCUT2D eigenvalue weighted by atomic mass is 79.9. The van der Waals surface area contributed by atoms with E-state index in [0.29, 0.717) is 6.04 Å². The van der Waals surface area contributed by atoms with Gasteiger partial charge in [-0.2, -0.15) is 0 Å². The summed E-state index contributed by atoms with van der Waals surface area (Å²) in [5, 5.41) is 3.60. The van der Waals surface area contributed by atoms with Gasteiger partial charge in [0.25, 0.3) is 0 Å². The second-order valence-electron chi connectivity index (χ2n) is 4.92. The molecule has 98 valence electrons. The molecule has 0 amide bonds. The molecule has 3 heteroatoms. The molecule has 0 saturated heterocycles. The maximum atomic E-state index is 5.80. The summed E-state index contributed by atoms with van der Waals surface area (Å²) in [5.74, 6) is 1.01. The van der Waals surface area contributed by atoms with Crippen LogP contribution in [-0.2, 0) is 0 Å². The number of rotatable bonds is 3. The fraction of sp³-hybridized carbons (Fsp3) is 0.467. The Morgan fingerprint density at radius 2 is 2.33 bits per heavy atom. The van der Waals surface area contributed by atoms with Crippen LogP contribution in [0.3, 0.4) is 0 Å². The van der Waals surface area contributed by atoms with Gasteiger partial charge < -0.3 is 10.1 Å². The van der Waals surface area contributed by atoms with Gasteiger partial charge in [0.2, 0.25) is 0 Å². The fourth-order valence-corrected chi connectivity index (χ4v) is 2.50. The van der Waals surface area contributed by atoms with E-state index in [2.05, 4.69) is 59.4 Å². The Bertz CT molecular complexity index is 438. The van der Waals surface area contributed by atoms with Crippen LogP contribution in [0.15, 0.2) is 34.3 Å². The van der Waals surface area contributed by atoms with Crippen LogP contribution in [0.5, 0.6) is 5.75 Å². The van der Waals surface area contributed by atoms with E-state index in [0.717, 1.165) is 36.2 Å². The summed E-state index contributed by atoms with van der Waals surface area (Å²) in [6.07, 6.45) is 4.45. The van der Waals surface area contributed by atoms with Crippen molar-refractivity contribution in [1.29, 1.82) is 0 Å². The SMILES string of the molecule is CC(C)=CCNC1CCCOc2cc(Br)ccc21. The molecule has 1 N–H and O–H groups in total. The number of halogens is 1. The zero-order valence-electron chi connectivity index (χ0n) is 11.0. The fourth-order valence-electron chi connectivity index (χ4n) is 2.16. The van der Waals surface area contributed by atoms with Gasteiger partial charge in [0, 0.05) is 22.6 Å². The summed E-state index contributed by atoms with van der Waals surface area (Å²) in [5.41, 5.74) is 2.63. The molecule has 2 rings (SSSR count). The maximum absolute atomic E-state index is 5.80. The van der Waals surface area contributed by atoms with Gasteiger partial charge in [0.05, 0.1) is 6.61 Å². The van der Waals surface area contributed by atoms with Gasteiger partial charge in [-0.3, -0.25) is 0 Å². The summed E-state index contributed by atoms with van der Waals surface area (Å²) < 4.78 is 6.88. The molecule has 0 bridgehead atoms. The summed E-state index contributed by atoms with van der Waals surface area (Å²) in [6.45, 7) is 5.98. The van der Waals surface area contributed by atoms with Crippen molar-refractivity contribution in [1.82, 2.24) is 5.32 Å². The standard InChI is InChI=1S/C15H20BrNO/c1-11(2)7-8-17-14-4-3-9-18-15-10-12(16)5-6-13(14)15/h5-7,10,14,17H,3-4,8-9H2,1-2H3. The Morgan fingerprint density at radius 3 is 3.11 bits per heavy atom. The summed E-state index contributed by atoms with van der Waals surface area (Å²) >= 11 is 3.50. The molecule has 1 heterocycles. The van der Waals surface area contributed by atoms with Crippen LogP contribution in [-0.4, -0.2) is 13.2 Å². The molecule has 1 aliphatic heterocycles. The molecule has 1 unspecified atom stereocenters. The average Bonchev–Trinajstić information content (AvgIpc) is 2.51. The van der Waals surface area contributed by atoms with Gasteiger partial charge in [0.15, 0.2) is 0 Å². The van der Waals surface area contributed by atoms with Gasteiger partial charge in [-0.1, -0.05) is 33.6 Å². The number of hydrogen-bond donors (Lipinski definition) is 1. The Morgan fingerprint density at radius 1 is 1.50 bits per heavy atom. The highest BCUT2D eigenvalue weighted by Crippen LogP contribution is 2.33. The van der Waals surface area contributed by atoms with Gasteiger partial charge in [-0.05, 0) is 38.8 Å². The molecule has 0 saturated carbocycles. The molecule has 1 atom stereocenters. The predicted molar refractivity (Wildman–Crippen MR) is 79.0 cm³/mol. The van der Waals surface area contributed by atoms with Crippen LogP contribution in [0.25, 0.3) is 0 Å². The predicted octanol–water partition coefficient (Wildman–Crippen LogP) is 4.22. The molecule has 0 aliphatic carbocycles. The molecule has 1 aromatic carbocycles. The number of fused-ring (bicyclic) bond motifs is 1. The number of hydrogen-bond acceptors (Lipinski definition) is 2. The highest BCUT2D eigenvalue weighted by Gasteiger charge is 2.18. The second-order valence-corrected chi connectivity index (χ2v) is 5.83. The maximum Gasteiger partial charge on any atom is 0.125 e. The van der Waals surface area contributed by atoms with Crippen molar-refractivity contribution >= 4 is 15.9 Å². The summed E-state index contributed by atoms with van der Waals surface area (Å²) in [4.78, 5) is 0. The Labute approximate surface area is 118 Å². The first-order chi connectivity index (χ1) is 8.66. The molecule has 0 radical (unpaired) electrons. The van der Waals surface area contributed by atoms with E-state index in [1.54, 1.807) is 0 Å².